The van der Waals surface area contributed by atoms with E-state index in [1.165, 1.54) is 0 Å². The van der Waals surface area contributed by atoms with Crippen molar-refractivity contribution >= 4 is 18.0 Å². The monoisotopic (exact) mass is 452 g/mol. The number of fused-ring (bicyclic) bond motifs is 3. The Balaban J connectivity index is 1.65. The molecule has 0 spiro atoms. The van der Waals surface area contributed by atoms with E-state index in [4.69, 9.17) is 9.84 Å². The van der Waals surface area contributed by atoms with Crippen LogP contribution >= 0.6 is 0 Å². The molecule has 0 saturated carbocycles. The van der Waals surface area contributed by atoms with Crippen molar-refractivity contribution in [3.8, 4) is 11.1 Å². The molecule has 0 unspecified atom stereocenters. The quantitative estimate of drug-likeness (QED) is 0.530. The molecule has 7 nitrogen and oxygen atoms in total. The summed E-state index contributed by atoms with van der Waals surface area (Å²) in [5.74, 6) is -1.75. The van der Waals surface area contributed by atoms with Gasteiger partial charge in [0.1, 0.15) is 12.6 Å². The number of hydrogen-bond donors (Lipinski definition) is 3. The van der Waals surface area contributed by atoms with Crippen LogP contribution < -0.4 is 10.6 Å². The minimum atomic E-state index is -0.986. The minimum absolute atomic E-state index is 0.0627. The van der Waals surface area contributed by atoms with Crippen LogP contribution in [-0.4, -0.2) is 41.8 Å². The molecule has 2 atom stereocenters. The third kappa shape index (κ3) is 5.72. The van der Waals surface area contributed by atoms with E-state index in [1.807, 2.05) is 64.1 Å². The lowest BCUT2D eigenvalue weighted by molar-refractivity contribution is -0.138. The maximum Gasteiger partial charge on any atom is 0.407 e. The summed E-state index contributed by atoms with van der Waals surface area (Å²) in [5, 5.41) is 14.5. The molecule has 176 valence electrons. The molecule has 3 N–H and O–H groups in total. The van der Waals surface area contributed by atoms with Crippen LogP contribution in [0.25, 0.3) is 11.1 Å². The molecule has 0 fully saturated rings. The van der Waals surface area contributed by atoms with Gasteiger partial charge < -0.3 is 20.5 Å². The minimum Gasteiger partial charge on any atom is -0.481 e. The van der Waals surface area contributed by atoms with Crippen molar-refractivity contribution in [1.82, 2.24) is 10.6 Å². The lowest BCUT2D eigenvalue weighted by Crippen LogP contribution is -2.53. The fourth-order valence-electron chi connectivity index (χ4n) is 4.22. The Morgan fingerprint density at radius 2 is 1.42 bits per heavy atom. The number of amides is 2. The highest BCUT2D eigenvalue weighted by molar-refractivity contribution is 5.86. The summed E-state index contributed by atoms with van der Waals surface area (Å²) in [4.78, 5) is 36.6. The number of rotatable bonds is 9. The highest BCUT2D eigenvalue weighted by atomic mass is 16.5. The van der Waals surface area contributed by atoms with Gasteiger partial charge in [-0.15, -0.1) is 0 Å². The Kier molecular flexibility index (Phi) is 7.74. The molecule has 7 heteroatoms. The fraction of sp³-hybridized carbons (Fsp3) is 0.423. The molecule has 0 aromatic heterocycles. The molecule has 1 aliphatic carbocycles. The van der Waals surface area contributed by atoms with Gasteiger partial charge in [-0.2, -0.15) is 0 Å². The average Bonchev–Trinajstić information content (AvgIpc) is 3.08. The molecule has 0 saturated heterocycles. The van der Waals surface area contributed by atoms with E-state index in [-0.39, 0.29) is 30.8 Å². The summed E-state index contributed by atoms with van der Waals surface area (Å²) in [6.07, 6.45) is -0.857. The standard InChI is InChI=1S/C26H32N2O5/c1-15(2)22(13-23(29)30)27-25(31)24(16(3)4)28-26(32)33-14-21-19-11-7-5-9-17(19)18-10-6-8-12-20(18)21/h5-12,15-16,21-22,24H,13-14H2,1-4H3,(H,27,31)(H,28,32)(H,29,30)/t22-,24+/m0/s1. The normalized spacial score (nSPS) is 14.4. The molecule has 0 bridgehead atoms. The van der Waals surface area contributed by atoms with Gasteiger partial charge in [-0.1, -0.05) is 76.2 Å². The summed E-state index contributed by atoms with van der Waals surface area (Å²) in [5.41, 5.74) is 4.50. The zero-order chi connectivity index (χ0) is 24.1. The van der Waals surface area contributed by atoms with E-state index in [9.17, 15) is 14.4 Å². The molecule has 0 heterocycles. The SMILES string of the molecule is CC(C)[C@H](CC(=O)O)NC(=O)[C@H](NC(=O)OCC1c2ccccc2-c2ccccc21)C(C)C. The average molecular weight is 453 g/mol. The van der Waals surface area contributed by atoms with Crippen molar-refractivity contribution < 1.29 is 24.2 Å². The fourth-order valence-corrected chi connectivity index (χ4v) is 4.22. The number of carbonyl (C=O) groups is 3. The molecule has 1 aliphatic rings. The molecule has 0 radical (unpaired) electrons. The molecule has 2 aromatic carbocycles. The second-order valence-corrected chi connectivity index (χ2v) is 9.15. The number of carboxylic acids is 1. The van der Waals surface area contributed by atoms with Gasteiger partial charge in [-0.05, 0) is 34.1 Å². The second kappa shape index (κ2) is 10.5. The number of alkyl carbamates (subject to hydrolysis) is 1. The Morgan fingerprint density at radius 3 is 1.91 bits per heavy atom. The molecular weight excluding hydrogens is 420 g/mol. The van der Waals surface area contributed by atoms with Crippen molar-refractivity contribution in [3.05, 3.63) is 59.7 Å². The number of nitrogens with one attached hydrogen (secondary N) is 2. The van der Waals surface area contributed by atoms with E-state index >= 15 is 0 Å². The van der Waals surface area contributed by atoms with Crippen molar-refractivity contribution in [2.45, 2.75) is 52.1 Å². The number of benzene rings is 2. The first-order valence-corrected chi connectivity index (χ1v) is 11.3. The first-order chi connectivity index (χ1) is 15.7. The largest absolute Gasteiger partial charge is 0.481 e. The van der Waals surface area contributed by atoms with Gasteiger partial charge >= 0.3 is 12.1 Å². The van der Waals surface area contributed by atoms with Crippen LogP contribution in [-0.2, 0) is 14.3 Å². The summed E-state index contributed by atoms with van der Waals surface area (Å²) in [6, 6.07) is 14.8. The molecule has 0 aliphatic heterocycles. The van der Waals surface area contributed by atoms with E-state index in [0.717, 1.165) is 22.3 Å². The third-order valence-corrected chi connectivity index (χ3v) is 6.09. The van der Waals surface area contributed by atoms with Crippen LogP contribution in [0.5, 0.6) is 0 Å². The van der Waals surface area contributed by atoms with Gasteiger partial charge in [-0.25, -0.2) is 4.79 Å². The molecular formula is C26H32N2O5. The number of carboxylic acid groups (broad SMARTS) is 1. The van der Waals surface area contributed by atoms with Crippen molar-refractivity contribution in [2.24, 2.45) is 11.8 Å². The van der Waals surface area contributed by atoms with Crippen molar-refractivity contribution in [3.63, 3.8) is 0 Å². The van der Waals surface area contributed by atoms with Crippen LogP contribution in [0.1, 0.15) is 51.2 Å². The van der Waals surface area contributed by atoms with Crippen molar-refractivity contribution in [2.75, 3.05) is 6.61 Å². The number of aliphatic carboxylic acids is 1. The highest BCUT2D eigenvalue weighted by Crippen LogP contribution is 2.44. The maximum absolute atomic E-state index is 12.8. The Labute approximate surface area is 194 Å². The topological polar surface area (TPSA) is 105 Å². The third-order valence-electron chi connectivity index (χ3n) is 6.09. The predicted molar refractivity (Wildman–Crippen MR) is 126 cm³/mol. The summed E-state index contributed by atoms with van der Waals surface area (Å²) < 4.78 is 5.56. The van der Waals surface area contributed by atoms with Crippen LogP contribution in [0.2, 0.25) is 0 Å². The zero-order valence-electron chi connectivity index (χ0n) is 19.5. The molecule has 3 rings (SSSR count). The summed E-state index contributed by atoms with van der Waals surface area (Å²) in [6.45, 7) is 7.47. The summed E-state index contributed by atoms with van der Waals surface area (Å²) >= 11 is 0. The highest BCUT2D eigenvalue weighted by Gasteiger charge is 2.31. The smallest absolute Gasteiger partial charge is 0.407 e. The second-order valence-electron chi connectivity index (χ2n) is 9.15. The Morgan fingerprint density at radius 1 is 0.879 bits per heavy atom. The van der Waals surface area contributed by atoms with Gasteiger partial charge in [0, 0.05) is 12.0 Å². The molecule has 33 heavy (non-hydrogen) atoms. The number of hydrogen-bond acceptors (Lipinski definition) is 4. The van der Waals surface area contributed by atoms with Crippen LogP contribution in [0.3, 0.4) is 0 Å². The van der Waals surface area contributed by atoms with E-state index in [0.29, 0.717) is 0 Å². The van der Waals surface area contributed by atoms with Gasteiger partial charge in [0.15, 0.2) is 0 Å². The summed E-state index contributed by atoms with van der Waals surface area (Å²) in [7, 11) is 0. The van der Waals surface area contributed by atoms with E-state index in [1.54, 1.807) is 0 Å². The zero-order valence-corrected chi connectivity index (χ0v) is 19.5. The predicted octanol–water partition coefficient (Wildman–Crippen LogP) is 4.17. The number of ether oxygens (including phenoxy) is 1. The van der Waals surface area contributed by atoms with Crippen molar-refractivity contribution in [1.29, 1.82) is 0 Å². The van der Waals surface area contributed by atoms with Gasteiger partial charge in [-0.3, -0.25) is 9.59 Å². The lowest BCUT2D eigenvalue weighted by Gasteiger charge is -2.26. The molecule has 2 aromatic rings. The first-order valence-electron chi connectivity index (χ1n) is 11.3. The Hall–Kier alpha value is -3.35. The van der Waals surface area contributed by atoms with Crippen LogP contribution in [0.15, 0.2) is 48.5 Å². The van der Waals surface area contributed by atoms with Crippen LogP contribution in [0.4, 0.5) is 4.79 Å². The first kappa shape index (κ1) is 24.3. The number of carbonyl (C=O) groups excluding carboxylic acids is 2. The molecule has 2 amide bonds. The van der Waals surface area contributed by atoms with E-state index < -0.39 is 30.1 Å². The maximum atomic E-state index is 12.8. The van der Waals surface area contributed by atoms with Gasteiger partial charge in [0.05, 0.1) is 6.42 Å². The van der Waals surface area contributed by atoms with Gasteiger partial charge in [0.2, 0.25) is 5.91 Å². The van der Waals surface area contributed by atoms with Crippen LogP contribution in [0, 0.1) is 11.8 Å². The Bertz CT molecular complexity index is 972. The van der Waals surface area contributed by atoms with E-state index in [2.05, 4.69) is 22.8 Å². The van der Waals surface area contributed by atoms with Gasteiger partial charge in [0.25, 0.3) is 0 Å². The lowest BCUT2D eigenvalue weighted by atomic mass is 9.98.